The van der Waals surface area contributed by atoms with Crippen molar-refractivity contribution in [3.05, 3.63) is 66.5 Å². The van der Waals surface area contributed by atoms with Gasteiger partial charge in [0.05, 0.1) is 25.3 Å². The summed E-state index contributed by atoms with van der Waals surface area (Å²) in [6, 6.07) is 19.1. The highest BCUT2D eigenvalue weighted by atomic mass is 16.5. The molecule has 0 spiro atoms. The Morgan fingerprint density at radius 1 is 0.879 bits per heavy atom. The van der Waals surface area contributed by atoms with E-state index in [4.69, 9.17) is 14.5 Å². The van der Waals surface area contributed by atoms with E-state index in [0.717, 1.165) is 39.6 Å². The van der Waals surface area contributed by atoms with Crippen molar-refractivity contribution in [3.63, 3.8) is 0 Å². The zero-order chi connectivity index (χ0) is 22.6. The molecule has 5 rings (SSSR count). The normalized spacial score (nSPS) is 14.4. The van der Waals surface area contributed by atoms with Gasteiger partial charge < -0.3 is 19.4 Å². The number of benzene rings is 2. The molecular weight excluding hydrogens is 412 g/mol. The number of nitrogens with one attached hydrogen (secondary N) is 1. The van der Waals surface area contributed by atoms with Crippen molar-refractivity contribution in [1.82, 2.24) is 14.5 Å². The zero-order valence-corrected chi connectivity index (χ0v) is 19.3. The second kappa shape index (κ2) is 9.53. The van der Waals surface area contributed by atoms with E-state index in [2.05, 4.69) is 45.2 Å². The number of nitrogens with zero attached hydrogens (tertiary/aromatic N) is 3. The maximum atomic E-state index is 5.36. The molecule has 6 nitrogen and oxygen atoms in total. The SMILES string of the molecule is COc1ccc(Cn2c(-c3ccc(OC)cc3)cc3c(NC4CCCCC4)ncnc32)cc1. The van der Waals surface area contributed by atoms with E-state index in [9.17, 15) is 0 Å². The van der Waals surface area contributed by atoms with Gasteiger partial charge in [0, 0.05) is 12.6 Å². The smallest absolute Gasteiger partial charge is 0.146 e. The van der Waals surface area contributed by atoms with Crippen molar-refractivity contribution in [1.29, 1.82) is 0 Å². The molecule has 0 bridgehead atoms. The number of aromatic nitrogens is 3. The summed E-state index contributed by atoms with van der Waals surface area (Å²) >= 11 is 0. The molecule has 2 heterocycles. The van der Waals surface area contributed by atoms with Gasteiger partial charge in [-0.25, -0.2) is 9.97 Å². The molecule has 1 fully saturated rings. The maximum Gasteiger partial charge on any atom is 0.146 e. The van der Waals surface area contributed by atoms with Gasteiger partial charge in [0.25, 0.3) is 0 Å². The van der Waals surface area contributed by atoms with Gasteiger partial charge in [0.2, 0.25) is 0 Å². The highest BCUT2D eigenvalue weighted by Crippen LogP contribution is 2.33. The number of hydrogen-bond donors (Lipinski definition) is 1. The lowest BCUT2D eigenvalue weighted by Gasteiger charge is -2.23. The van der Waals surface area contributed by atoms with Crippen molar-refractivity contribution < 1.29 is 9.47 Å². The van der Waals surface area contributed by atoms with Gasteiger partial charge in [-0.1, -0.05) is 31.4 Å². The van der Waals surface area contributed by atoms with E-state index in [1.54, 1.807) is 20.5 Å². The molecule has 0 amide bonds. The van der Waals surface area contributed by atoms with Crippen LogP contribution in [0.15, 0.2) is 60.9 Å². The van der Waals surface area contributed by atoms with E-state index < -0.39 is 0 Å². The first-order valence-electron chi connectivity index (χ1n) is 11.6. The second-order valence-corrected chi connectivity index (χ2v) is 8.63. The molecule has 0 radical (unpaired) electrons. The predicted molar refractivity (Wildman–Crippen MR) is 132 cm³/mol. The van der Waals surface area contributed by atoms with Crippen molar-refractivity contribution in [2.45, 2.75) is 44.7 Å². The molecular formula is C27H30N4O2. The van der Waals surface area contributed by atoms with E-state index in [1.165, 1.54) is 37.7 Å². The molecule has 4 aromatic rings. The summed E-state index contributed by atoms with van der Waals surface area (Å²) < 4.78 is 13.0. The van der Waals surface area contributed by atoms with Gasteiger partial charge in [-0.3, -0.25) is 0 Å². The van der Waals surface area contributed by atoms with Crippen LogP contribution in [-0.4, -0.2) is 34.8 Å². The van der Waals surface area contributed by atoms with Gasteiger partial charge in [0.1, 0.15) is 29.3 Å². The monoisotopic (exact) mass is 442 g/mol. The molecule has 33 heavy (non-hydrogen) atoms. The molecule has 0 unspecified atom stereocenters. The van der Waals surface area contributed by atoms with Gasteiger partial charge in [-0.05, 0) is 66.4 Å². The van der Waals surface area contributed by atoms with Crippen molar-refractivity contribution in [3.8, 4) is 22.8 Å². The first-order chi connectivity index (χ1) is 16.2. The van der Waals surface area contributed by atoms with Gasteiger partial charge >= 0.3 is 0 Å². The van der Waals surface area contributed by atoms with E-state index in [1.807, 2.05) is 24.3 Å². The lowest BCUT2D eigenvalue weighted by atomic mass is 9.95. The standard InChI is InChI=1S/C27H30N4O2/c1-32-22-12-8-19(9-13-22)17-31-25(20-10-14-23(33-2)15-11-20)16-24-26(28-18-29-27(24)31)30-21-6-4-3-5-7-21/h8-16,18,21H,3-7,17H2,1-2H3,(H,28,29,30). The van der Waals surface area contributed by atoms with E-state index in [0.29, 0.717) is 12.6 Å². The molecule has 1 aliphatic rings. The molecule has 0 aliphatic heterocycles. The Hall–Kier alpha value is -3.54. The van der Waals surface area contributed by atoms with Gasteiger partial charge in [-0.2, -0.15) is 0 Å². The fourth-order valence-electron chi connectivity index (χ4n) is 4.69. The largest absolute Gasteiger partial charge is 0.497 e. The predicted octanol–water partition coefficient (Wildman–Crippen LogP) is 5.91. The molecule has 1 N–H and O–H groups in total. The molecule has 1 saturated carbocycles. The van der Waals surface area contributed by atoms with Crippen LogP contribution >= 0.6 is 0 Å². The molecule has 1 aliphatic carbocycles. The first-order valence-corrected chi connectivity index (χ1v) is 11.6. The third-order valence-corrected chi connectivity index (χ3v) is 6.52. The van der Waals surface area contributed by atoms with Crippen LogP contribution in [0.1, 0.15) is 37.7 Å². The van der Waals surface area contributed by atoms with Gasteiger partial charge in [-0.15, -0.1) is 0 Å². The van der Waals surface area contributed by atoms with E-state index in [-0.39, 0.29) is 0 Å². The minimum atomic E-state index is 0.478. The number of hydrogen-bond acceptors (Lipinski definition) is 5. The molecule has 2 aromatic heterocycles. The summed E-state index contributed by atoms with van der Waals surface area (Å²) in [7, 11) is 3.38. The topological polar surface area (TPSA) is 61.2 Å². The van der Waals surface area contributed by atoms with Crippen LogP contribution < -0.4 is 14.8 Å². The first kappa shape index (κ1) is 21.3. The number of rotatable bonds is 7. The highest BCUT2D eigenvalue weighted by molar-refractivity contribution is 5.92. The average Bonchev–Trinajstić information content (AvgIpc) is 3.24. The zero-order valence-electron chi connectivity index (χ0n) is 19.3. The van der Waals surface area contributed by atoms with Crippen LogP contribution in [0.25, 0.3) is 22.3 Å². The fourth-order valence-corrected chi connectivity index (χ4v) is 4.69. The summed E-state index contributed by atoms with van der Waals surface area (Å²) in [4.78, 5) is 9.34. The Morgan fingerprint density at radius 3 is 2.21 bits per heavy atom. The van der Waals surface area contributed by atoms with Crippen LogP contribution in [-0.2, 0) is 6.54 Å². The number of fused-ring (bicyclic) bond motifs is 1. The van der Waals surface area contributed by atoms with Crippen LogP contribution in [0, 0.1) is 0 Å². The van der Waals surface area contributed by atoms with Crippen molar-refractivity contribution in [2.24, 2.45) is 0 Å². The average molecular weight is 443 g/mol. The number of methoxy groups -OCH3 is 2. The molecule has 0 atom stereocenters. The van der Waals surface area contributed by atoms with E-state index >= 15 is 0 Å². The lowest BCUT2D eigenvalue weighted by molar-refractivity contribution is 0.414. The minimum absolute atomic E-state index is 0.478. The van der Waals surface area contributed by atoms with Crippen LogP contribution in [0.5, 0.6) is 11.5 Å². The maximum absolute atomic E-state index is 5.36. The Labute approximate surface area is 194 Å². The fraction of sp³-hybridized carbons (Fsp3) is 0.333. The van der Waals surface area contributed by atoms with Crippen LogP contribution in [0.4, 0.5) is 5.82 Å². The van der Waals surface area contributed by atoms with Gasteiger partial charge in [0.15, 0.2) is 0 Å². The summed E-state index contributed by atoms with van der Waals surface area (Å²) in [5.74, 6) is 2.62. The quantitative estimate of drug-likeness (QED) is 0.386. The Kier molecular flexibility index (Phi) is 6.15. The lowest BCUT2D eigenvalue weighted by Crippen LogP contribution is -2.22. The number of ether oxygens (including phenoxy) is 2. The summed E-state index contributed by atoms with van der Waals surface area (Å²) in [5, 5.41) is 4.77. The van der Waals surface area contributed by atoms with Crippen molar-refractivity contribution >= 4 is 16.9 Å². The molecule has 0 saturated heterocycles. The Morgan fingerprint density at radius 2 is 1.55 bits per heavy atom. The Balaban J connectivity index is 1.58. The molecule has 6 heteroatoms. The van der Waals surface area contributed by atoms with Crippen LogP contribution in [0.2, 0.25) is 0 Å². The highest BCUT2D eigenvalue weighted by Gasteiger charge is 2.19. The van der Waals surface area contributed by atoms with Crippen LogP contribution in [0.3, 0.4) is 0 Å². The summed E-state index contributed by atoms with van der Waals surface area (Å²) in [5.41, 5.74) is 4.34. The second-order valence-electron chi connectivity index (χ2n) is 8.63. The minimum Gasteiger partial charge on any atom is -0.497 e. The third kappa shape index (κ3) is 4.51. The van der Waals surface area contributed by atoms with Crippen molar-refractivity contribution in [2.75, 3.05) is 19.5 Å². The number of anilines is 1. The third-order valence-electron chi connectivity index (χ3n) is 6.52. The molecule has 2 aromatic carbocycles. The summed E-state index contributed by atoms with van der Waals surface area (Å²) in [6.45, 7) is 0.703. The molecule has 170 valence electrons. The summed E-state index contributed by atoms with van der Waals surface area (Å²) in [6.07, 6.45) is 7.96. The Bertz CT molecular complexity index is 1210.